The number of hydrogen-bond donors (Lipinski definition) is 0. The lowest BCUT2D eigenvalue weighted by Crippen LogP contribution is -2.30. The van der Waals surface area contributed by atoms with E-state index in [2.05, 4.69) is 154 Å². The van der Waals surface area contributed by atoms with Crippen molar-refractivity contribution in [3.8, 4) is 0 Å². The molecule has 0 N–H and O–H groups in total. The highest BCUT2D eigenvalue weighted by Crippen LogP contribution is 2.15. The molecule has 0 aromatic heterocycles. The molecule has 0 fully saturated rings. The summed E-state index contributed by atoms with van der Waals surface area (Å²) in [6.07, 6.45) is 88.8. The first-order valence-corrected chi connectivity index (χ1v) is 31.2. The molecule has 0 saturated heterocycles. The second-order valence-electron chi connectivity index (χ2n) is 20.2. The highest BCUT2D eigenvalue weighted by molar-refractivity contribution is 5.71. The Labute approximate surface area is 468 Å². The summed E-state index contributed by atoms with van der Waals surface area (Å²) >= 11 is 0. The Morgan fingerprint density at radius 3 is 0.803 bits per heavy atom. The molecule has 0 bridgehead atoms. The maximum atomic E-state index is 12.9. The molecule has 0 saturated carbocycles. The Hall–Kier alpha value is -4.45. The third-order valence-electron chi connectivity index (χ3n) is 12.9. The largest absolute Gasteiger partial charge is 0.462 e. The maximum absolute atomic E-state index is 12.9. The van der Waals surface area contributed by atoms with Gasteiger partial charge < -0.3 is 14.2 Å². The minimum absolute atomic E-state index is 0.0952. The zero-order chi connectivity index (χ0) is 55.0. The van der Waals surface area contributed by atoms with Crippen LogP contribution in [0.2, 0.25) is 0 Å². The van der Waals surface area contributed by atoms with E-state index in [4.69, 9.17) is 14.2 Å². The van der Waals surface area contributed by atoms with Crippen LogP contribution in [0.5, 0.6) is 0 Å². The first-order chi connectivity index (χ1) is 37.5. The van der Waals surface area contributed by atoms with Gasteiger partial charge in [0.15, 0.2) is 6.10 Å². The zero-order valence-electron chi connectivity index (χ0n) is 49.2. The number of ether oxygens (including phenoxy) is 3. The fourth-order valence-electron chi connectivity index (χ4n) is 8.24. The average molecular weight is 1050 g/mol. The van der Waals surface area contributed by atoms with E-state index in [-0.39, 0.29) is 31.1 Å². The van der Waals surface area contributed by atoms with Gasteiger partial charge in [-0.15, -0.1) is 0 Å². The van der Waals surface area contributed by atoms with E-state index >= 15 is 0 Å². The normalized spacial score (nSPS) is 13.0. The van der Waals surface area contributed by atoms with Gasteiger partial charge in [0, 0.05) is 19.3 Å². The predicted octanol–water partition coefficient (Wildman–Crippen LogP) is 21.4. The fraction of sp³-hybridized carbons (Fsp3) is 0.643. The summed E-state index contributed by atoms with van der Waals surface area (Å²) in [6, 6.07) is 0. The molecule has 6 nitrogen and oxygen atoms in total. The minimum Gasteiger partial charge on any atom is -0.462 e. The van der Waals surface area contributed by atoms with Gasteiger partial charge in [-0.1, -0.05) is 257 Å². The van der Waals surface area contributed by atoms with Gasteiger partial charge >= 0.3 is 17.9 Å². The van der Waals surface area contributed by atoms with Gasteiger partial charge in [-0.25, -0.2) is 0 Å². The maximum Gasteiger partial charge on any atom is 0.306 e. The number of esters is 3. The Morgan fingerprint density at radius 1 is 0.276 bits per heavy atom. The van der Waals surface area contributed by atoms with Gasteiger partial charge in [0.2, 0.25) is 0 Å². The van der Waals surface area contributed by atoms with Crippen LogP contribution in [0.3, 0.4) is 0 Å². The van der Waals surface area contributed by atoms with Crippen molar-refractivity contribution < 1.29 is 28.6 Å². The van der Waals surface area contributed by atoms with Crippen LogP contribution in [0, 0.1) is 0 Å². The fourth-order valence-corrected chi connectivity index (χ4v) is 8.24. The molecule has 430 valence electrons. The van der Waals surface area contributed by atoms with Crippen LogP contribution >= 0.6 is 0 Å². The van der Waals surface area contributed by atoms with Crippen molar-refractivity contribution in [3.05, 3.63) is 134 Å². The summed E-state index contributed by atoms with van der Waals surface area (Å²) in [6.45, 7) is 6.35. The molecule has 0 radical (unpaired) electrons. The molecule has 0 aromatic carbocycles. The first-order valence-electron chi connectivity index (χ1n) is 31.2. The molecule has 6 heteroatoms. The highest BCUT2D eigenvalue weighted by Gasteiger charge is 2.19. The Balaban J connectivity index is 4.32. The third-order valence-corrected chi connectivity index (χ3v) is 12.9. The van der Waals surface area contributed by atoms with Crippen molar-refractivity contribution in [2.75, 3.05) is 13.2 Å². The lowest BCUT2D eigenvalue weighted by Gasteiger charge is -2.18. The molecule has 0 spiro atoms. The predicted molar refractivity (Wildman–Crippen MR) is 329 cm³/mol. The Morgan fingerprint density at radius 2 is 0.513 bits per heavy atom. The van der Waals surface area contributed by atoms with Crippen molar-refractivity contribution in [2.24, 2.45) is 0 Å². The first kappa shape index (κ1) is 71.5. The summed E-state index contributed by atoms with van der Waals surface area (Å²) < 4.78 is 16.9. The molecule has 0 aliphatic carbocycles. The van der Waals surface area contributed by atoms with Crippen molar-refractivity contribution in [2.45, 2.75) is 277 Å². The van der Waals surface area contributed by atoms with Crippen molar-refractivity contribution >= 4 is 17.9 Å². The molecule has 1 atom stereocenters. The van der Waals surface area contributed by atoms with Gasteiger partial charge in [0.25, 0.3) is 0 Å². The van der Waals surface area contributed by atoms with Gasteiger partial charge in [-0.3, -0.25) is 14.4 Å². The van der Waals surface area contributed by atoms with E-state index in [0.717, 1.165) is 161 Å². The number of rotatable bonds is 55. The van der Waals surface area contributed by atoms with Crippen molar-refractivity contribution in [1.82, 2.24) is 0 Å². The van der Waals surface area contributed by atoms with Crippen LogP contribution in [-0.4, -0.2) is 37.2 Å². The Kier molecular flexibility index (Phi) is 59.4. The van der Waals surface area contributed by atoms with E-state index in [0.29, 0.717) is 19.3 Å². The second-order valence-corrected chi connectivity index (χ2v) is 20.2. The lowest BCUT2D eigenvalue weighted by atomic mass is 10.1. The topological polar surface area (TPSA) is 78.9 Å². The summed E-state index contributed by atoms with van der Waals surface area (Å²) in [5.41, 5.74) is 0. The molecule has 0 heterocycles. The molecular weight excluding hydrogens is 937 g/mol. The molecule has 1 unspecified atom stereocenters. The van der Waals surface area contributed by atoms with Crippen LogP contribution in [0.25, 0.3) is 0 Å². The smallest absolute Gasteiger partial charge is 0.306 e. The molecule has 76 heavy (non-hydrogen) atoms. The number of carbonyl (C=O) groups excluding carboxylic acids is 3. The van der Waals surface area contributed by atoms with E-state index < -0.39 is 6.10 Å². The van der Waals surface area contributed by atoms with Crippen LogP contribution in [0.4, 0.5) is 0 Å². The number of allylic oxidation sites excluding steroid dienone is 22. The standard InChI is InChI=1S/C70H114O6/c1-4-7-10-13-16-19-22-25-28-29-30-31-32-33-34-35-36-37-38-39-40-41-43-45-48-51-54-57-60-63-69(72)75-66-67(65-74-68(71)62-59-56-53-50-47-44-27-24-21-18-15-12-9-6-3)76-70(73)64-61-58-55-52-49-46-42-26-23-20-17-14-11-8-5-2/h7-8,10-11,15-20,24-28,30-31,33-34,36-37,42,67H,4-6,9,12-14,21-23,29,32,35,38-41,43-66H2,1-3H3/b10-7-,11-8-,18-15-,19-16-,20-17-,27-24-,28-25-,31-30-,34-33-,37-36-,42-26-. The molecule has 0 aromatic rings. The summed E-state index contributed by atoms with van der Waals surface area (Å²) in [5, 5.41) is 0. The molecular formula is C70H114O6. The third kappa shape index (κ3) is 60.4. The number of unbranched alkanes of at least 4 members (excludes halogenated alkanes) is 22. The van der Waals surface area contributed by atoms with Crippen molar-refractivity contribution in [1.29, 1.82) is 0 Å². The molecule has 0 aliphatic rings. The number of hydrogen-bond acceptors (Lipinski definition) is 6. The van der Waals surface area contributed by atoms with Gasteiger partial charge in [0.1, 0.15) is 13.2 Å². The average Bonchev–Trinajstić information content (AvgIpc) is 3.42. The quantitative estimate of drug-likeness (QED) is 0.0261. The van der Waals surface area contributed by atoms with E-state index in [1.165, 1.54) is 70.6 Å². The van der Waals surface area contributed by atoms with Crippen LogP contribution < -0.4 is 0 Å². The van der Waals surface area contributed by atoms with E-state index in [1.807, 2.05) is 0 Å². The van der Waals surface area contributed by atoms with E-state index in [9.17, 15) is 14.4 Å². The van der Waals surface area contributed by atoms with Crippen LogP contribution in [-0.2, 0) is 28.6 Å². The summed E-state index contributed by atoms with van der Waals surface area (Å²) in [5.74, 6) is -0.931. The van der Waals surface area contributed by atoms with Gasteiger partial charge in [-0.2, -0.15) is 0 Å². The van der Waals surface area contributed by atoms with Crippen LogP contribution in [0.15, 0.2) is 134 Å². The van der Waals surface area contributed by atoms with Crippen LogP contribution in [0.1, 0.15) is 271 Å². The monoisotopic (exact) mass is 1050 g/mol. The minimum atomic E-state index is -0.800. The van der Waals surface area contributed by atoms with Gasteiger partial charge in [0.05, 0.1) is 0 Å². The number of carbonyl (C=O) groups is 3. The highest BCUT2D eigenvalue weighted by atomic mass is 16.6. The van der Waals surface area contributed by atoms with Crippen molar-refractivity contribution in [3.63, 3.8) is 0 Å². The SMILES string of the molecule is CC/C=C\C/C=C\C/C=C\C/C=C\C/C=C\C/C=C\CCCCCCCCCCCCC(=O)OCC(COC(=O)CCCCCCC/C=C\C/C=C\CCCC)OC(=O)CCCCCCC/C=C\C/C=C\C/C=C\CC. The Bertz CT molecular complexity index is 1630. The summed E-state index contributed by atoms with van der Waals surface area (Å²) in [7, 11) is 0. The molecule has 0 rings (SSSR count). The lowest BCUT2D eigenvalue weighted by molar-refractivity contribution is -0.167. The van der Waals surface area contributed by atoms with E-state index in [1.54, 1.807) is 0 Å². The summed E-state index contributed by atoms with van der Waals surface area (Å²) in [4.78, 5) is 38.2. The second kappa shape index (κ2) is 63.1. The zero-order valence-corrected chi connectivity index (χ0v) is 49.2. The molecule has 0 aliphatic heterocycles. The molecule has 0 amide bonds. The van der Waals surface area contributed by atoms with Gasteiger partial charge in [-0.05, 0) is 128 Å².